The normalized spacial score (nSPS) is 25.6. The van der Waals surface area contributed by atoms with Crippen molar-refractivity contribution in [1.82, 2.24) is 0 Å². The first-order chi connectivity index (χ1) is 4.33. The molecule has 0 aromatic heterocycles. The van der Waals surface area contributed by atoms with Crippen molar-refractivity contribution in [2.45, 2.75) is 13.3 Å². The molecule has 0 spiro atoms. The summed E-state index contributed by atoms with van der Waals surface area (Å²) in [6.07, 6.45) is 4.81. The first-order valence-corrected chi connectivity index (χ1v) is 3.10. The highest BCUT2D eigenvalue weighted by Gasteiger charge is 2.06. The molecule has 0 saturated heterocycles. The van der Waals surface area contributed by atoms with Crippen molar-refractivity contribution >= 4 is 5.90 Å². The van der Waals surface area contributed by atoms with E-state index in [-0.39, 0.29) is 0 Å². The summed E-state index contributed by atoms with van der Waals surface area (Å²) < 4.78 is 4.96. The highest BCUT2D eigenvalue weighted by atomic mass is 16.5. The van der Waals surface area contributed by atoms with Gasteiger partial charge in [0.05, 0.1) is 7.11 Å². The third-order valence-electron chi connectivity index (χ3n) is 1.37. The summed E-state index contributed by atoms with van der Waals surface area (Å²) >= 11 is 0. The van der Waals surface area contributed by atoms with Gasteiger partial charge in [0, 0.05) is 12.6 Å². The number of aliphatic imine (C=N–C) groups is 1. The van der Waals surface area contributed by atoms with E-state index >= 15 is 0 Å². The monoisotopic (exact) mass is 125 g/mol. The second-order valence-electron chi connectivity index (χ2n) is 2.25. The molecule has 0 amide bonds. The molecule has 50 valence electrons. The Bertz CT molecular complexity index is 149. The summed E-state index contributed by atoms with van der Waals surface area (Å²) in [7, 11) is 1.66. The Hall–Kier alpha value is -0.790. The maximum Gasteiger partial charge on any atom is 0.188 e. The van der Waals surface area contributed by atoms with Crippen molar-refractivity contribution in [3.8, 4) is 0 Å². The second-order valence-corrected chi connectivity index (χ2v) is 2.25. The van der Waals surface area contributed by atoms with Crippen LogP contribution in [-0.4, -0.2) is 13.0 Å². The molecule has 1 unspecified atom stereocenters. The van der Waals surface area contributed by atoms with Crippen LogP contribution in [0.2, 0.25) is 0 Å². The van der Waals surface area contributed by atoms with Gasteiger partial charge in [-0.25, -0.2) is 4.99 Å². The number of hydrogen-bond donors (Lipinski definition) is 0. The summed E-state index contributed by atoms with van der Waals surface area (Å²) in [4.78, 5) is 4.01. The Morgan fingerprint density at radius 2 is 2.56 bits per heavy atom. The van der Waals surface area contributed by atoms with E-state index in [4.69, 9.17) is 4.74 Å². The van der Waals surface area contributed by atoms with Crippen LogP contribution in [0.5, 0.6) is 0 Å². The van der Waals surface area contributed by atoms with Crippen LogP contribution in [0.25, 0.3) is 0 Å². The van der Waals surface area contributed by atoms with Gasteiger partial charge in [-0.1, -0.05) is 13.0 Å². The zero-order chi connectivity index (χ0) is 6.69. The quantitative estimate of drug-likeness (QED) is 0.481. The van der Waals surface area contributed by atoms with Gasteiger partial charge in [-0.05, 0) is 5.92 Å². The van der Waals surface area contributed by atoms with Gasteiger partial charge in [-0.15, -0.1) is 0 Å². The summed E-state index contributed by atoms with van der Waals surface area (Å²) in [6.45, 7) is 2.14. The molecule has 9 heavy (non-hydrogen) atoms. The van der Waals surface area contributed by atoms with Crippen LogP contribution >= 0.6 is 0 Å². The van der Waals surface area contributed by atoms with Crippen LogP contribution < -0.4 is 0 Å². The molecule has 0 bridgehead atoms. The maximum absolute atomic E-state index is 4.96. The number of methoxy groups -OCH3 is 1. The average molecular weight is 125 g/mol. The standard InChI is InChI=1S/C7H11NO/c1-6-3-4-8-7(5-6)9-2/h3-4,6H,5H2,1-2H3. The van der Waals surface area contributed by atoms with E-state index in [9.17, 15) is 0 Å². The Morgan fingerprint density at radius 1 is 1.78 bits per heavy atom. The number of nitrogens with zero attached hydrogens (tertiary/aromatic N) is 1. The third-order valence-corrected chi connectivity index (χ3v) is 1.37. The van der Waals surface area contributed by atoms with E-state index in [1.807, 2.05) is 0 Å². The molecule has 0 aromatic rings. The van der Waals surface area contributed by atoms with E-state index in [0.29, 0.717) is 5.92 Å². The minimum atomic E-state index is 0.581. The fourth-order valence-corrected chi connectivity index (χ4v) is 0.805. The Balaban J connectivity index is 2.55. The number of hydrogen-bond acceptors (Lipinski definition) is 2. The first kappa shape index (κ1) is 6.33. The SMILES string of the molecule is COC1=NC=CC(C)C1. The predicted octanol–water partition coefficient (Wildman–Crippen LogP) is 1.58. The fourth-order valence-electron chi connectivity index (χ4n) is 0.805. The first-order valence-electron chi connectivity index (χ1n) is 3.10. The van der Waals surface area contributed by atoms with Crippen LogP contribution in [-0.2, 0) is 4.74 Å². The van der Waals surface area contributed by atoms with E-state index < -0.39 is 0 Å². The van der Waals surface area contributed by atoms with Gasteiger partial charge >= 0.3 is 0 Å². The second kappa shape index (κ2) is 2.67. The molecule has 0 radical (unpaired) electrons. The Kier molecular flexibility index (Phi) is 1.88. The fraction of sp³-hybridized carbons (Fsp3) is 0.571. The Labute approximate surface area is 55.2 Å². The minimum Gasteiger partial charge on any atom is -0.484 e. The number of ether oxygens (including phenoxy) is 1. The average Bonchev–Trinajstić information content (AvgIpc) is 1.88. The van der Waals surface area contributed by atoms with Gasteiger partial charge in [0.2, 0.25) is 0 Å². The van der Waals surface area contributed by atoms with Gasteiger partial charge in [0.25, 0.3) is 0 Å². The Morgan fingerprint density at radius 3 is 3.00 bits per heavy atom. The molecule has 1 rings (SSSR count). The molecular weight excluding hydrogens is 114 g/mol. The number of allylic oxidation sites excluding steroid dienone is 1. The molecule has 2 heteroatoms. The van der Waals surface area contributed by atoms with Crippen molar-refractivity contribution in [1.29, 1.82) is 0 Å². The third kappa shape index (κ3) is 1.56. The molecule has 0 aliphatic carbocycles. The molecular formula is C7H11NO. The molecule has 0 aromatic carbocycles. The maximum atomic E-state index is 4.96. The van der Waals surface area contributed by atoms with E-state index in [1.54, 1.807) is 13.3 Å². The number of rotatable bonds is 0. The summed E-state index contributed by atoms with van der Waals surface area (Å²) in [5, 5.41) is 0. The topological polar surface area (TPSA) is 21.6 Å². The molecule has 0 fully saturated rings. The van der Waals surface area contributed by atoms with Gasteiger partial charge in [-0.2, -0.15) is 0 Å². The van der Waals surface area contributed by atoms with Gasteiger partial charge < -0.3 is 4.74 Å². The smallest absolute Gasteiger partial charge is 0.188 e. The highest BCUT2D eigenvalue weighted by molar-refractivity contribution is 5.77. The van der Waals surface area contributed by atoms with E-state index in [0.717, 1.165) is 12.3 Å². The molecule has 0 saturated carbocycles. The lowest BCUT2D eigenvalue weighted by atomic mass is 10.1. The zero-order valence-corrected chi connectivity index (χ0v) is 5.79. The van der Waals surface area contributed by atoms with Crippen molar-refractivity contribution < 1.29 is 4.74 Å². The summed E-state index contributed by atoms with van der Waals surface area (Å²) in [5.41, 5.74) is 0. The van der Waals surface area contributed by atoms with Crippen molar-refractivity contribution in [3.05, 3.63) is 12.3 Å². The van der Waals surface area contributed by atoms with Crippen molar-refractivity contribution in [2.75, 3.05) is 7.11 Å². The lowest BCUT2D eigenvalue weighted by molar-refractivity contribution is 0.381. The van der Waals surface area contributed by atoms with E-state index in [2.05, 4.69) is 18.0 Å². The van der Waals surface area contributed by atoms with Crippen LogP contribution in [0.4, 0.5) is 0 Å². The van der Waals surface area contributed by atoms with Gasteiger partial charge in [-0.3, -0.25) is 0 Å². The molecule has 1 aliphatic heterocycles. The van der Waals surface area contributed by atoms with Gasteiger partial charge in [0.1, 0.15) is 0 Å². The molecule has 1 atom stereocenters. The molecule has 1 heterocycles. The molecule has 2 nitrogen and oxygen atoms in total. The van der Waals surface area contributed by atoms with E-state index in [1.165, 1.54) is 0 Å². The van der Waals surface area contributed by atoms with Gasteiger partial charge in [0.15, 0.2) is 5.90 Å². The lowest BCUT2D eigenvalue weighted by Gasteiger charge is -2.10. The van der Waals surface area contributed by atoms with Crippen LogP contribution in [0.3, 0.4) is 0 Å². The minimum absolute atomic E-state index is 0.581. The zero-order valence-electron chi connectivity index (χ0n) is 5.79. The van der Waals surface area contributed by atoms with Crippen LogP contribution in [0, 0.1) is 5.92 Å². The lowest BCUT2D eigenvalue weighted by Crippen LogP contribution is -2.08. The molecule has 0 N–H and O–H groups in total. The predicted molar refractivity (Wildman–Crippen MR) is 37.4 cm³/mol. The summed E-state index contributed by atoms with van der Waals surface area (Å²) in [6, 6.07) is 0. The van der Waals surface area contributed by atoms with Crippen LogP contribution in [0.1, 0.15) is 13.3 Å². The summed E-state index contributed by atoms with van der Waals surface area (Å²) in [5.74, 6) is 1.42. The van der Waals surface area contributed by atoms with Crippen molar-refractivity contribution in [2.24, 2.45) is 10.9 Å². The largest absolute Gasteiger partial charge is 0.484 e. The van der Waals surface area contributed by atoms with Crippen LogP contribution in [0.15, 0.2) is 17.3 Å². The highest BCUT2D eigenvalue weighted by Crippen LogP contribution is 2.10. The van der Waals surface area contributed by atoms with Crippen molar-refractivity contribution in [3.63, 3.8) is 0 Å². The molecule has 1 aliphatic rings.